The Morgan fingerprint density at radius 2 is 2.12 bits per heavy atom. The number of carbonyl (C=O) groups is 1. The number of hydrogen-bond acceptors (Lipinski definition) is 5. The van der Waals surface area contributed by atoms with Crippen molar-refractivity contribution in [3.63, 3.8) is 0 Å². The molecule has 2 amide bonds. The van der Waals surface area contributed by atoms with Crippen LogP contribution in [0.25, 0.3) is 11.5 Å². The first kappa shape index (κ1) is 15.4. The number of carbonyl (C=O) groups excluding carboxylic acids is 1. The lowest BCUT2D eigenvalue weighted by molar-refractivity contribution is 0.252. The smallest absolute Gasteiger partial charge is 0.322 e. The van der Waals surface area contributed by atoms with Crippen LogP contribution in [0.3, 0.4) is 0 Å². The molecule has 2 fully saturated rings. The van der Waals surface area contributed by atoms with Crippen LogP contribution in [0.15, 0.2) is 22.7 Å². The zero-order valence-electron chi connectivity index (χ0n) is 13.1. The summed E-state index contributed by atoms with van der Waals surface area (Å²) in [6, 6.07) is 5.17. The molecule has 1 aromatic heterocycles. The highest BCUT2D eigenvalue weighted by Crippen LogP contribution is 2.36. The Hall–Kier alpha value is -2.12. The van der Waals surface area contributed by atoms with Gasteiger partial charge in [-0.15, -0.1) is 0 Å². The van der Waals surface area contributed by atoms with Crippen molar-refractivity contribution < 1.29 is 9.32 Å². The summed E-state index contributed by atoms with van der Waals surface area (Å²) < 4.78 is 5.41. The second-order valence-corrected chi connectivity index (χ2v) is 6.74. The number of rotatable bonds is 3. The van der Waals surface area contributed by atoms with E-state index in [0.717, 1.165) is 31.2 Å². The maximum atomic E-state index is 11.9. The molecule has 2 heterocycles. The molecule has 24 heavy (non-hydrogen) atoms. The van der Waals surface area contributed by atoms with Crippen LogP contribution in [-0.2, 0) is 5.54 Å². The van der Waals surface area contributed by atoms with Crippen molar-refractivity contribution >= 4 is 23.3 Å². The average molecular weight is 348 g/mol. The molecule has 0 spiro atoms. The van der Waals surface area contributed by atoms with Crippen molar-refractivity contribution in [3.8, 4) is 11.5 Å². The van der Waals surface area contributed by atoms with Crippen LogP contribution in [0, 0.1) is 0 Å². The minimum absolute atomic E-state index is 0.160. The number of benzene rings is 1. The van der Waals surface area contributed by atoms with Crippen LogP contribution in [0.2, 0.25) is 5.02 Å². The summed E-state index contributed by atoms with van der Waals surface area (Å²) >= 11 is 6.25. The Kier molecular flexibility index (Phi) is 3.69. The van der Waals surface area contributed by atoms with E-state index in [1.807, 2.05) is 0 Å². The largest absolute Gasteiger partial charge is 0.336 e. The first-order valence-electron chi connectivity index (χ1n) is 8.05. The molecular formula is C16H18ClN5O2. The topological polar surface area (TPSA) is 97.3 Å². The highest BCUT2D eigenvalue weighted by molar-refractivity contribution is 6.34. The number of nitrogens with two attached hydrogens (primary N) is 1. The molecule has 4 rings (SSSR count). The number of aromatic nitrogens is 2. The maximum Gasteiger partial charge on any atom is 0.322 e. The first-order valence-corrected chi connectivity index (χ1v) is 8.43. The fourth-order valence-corrected chi connectivity index (χ4v) is 3.55. The Morgan fingerprint density at radius 1 is 1.33 bits per heavy atom. The first-order chi connectivity index (χ1) is 11.6. The number of nitrogens with one attached hydrogen (secondary N) is 1. The van der Waals surface area contributed by atoms with Gasteiger partial charge in [0.05, 0.1) is 16.2 Å². The Morgan fingerprint density at radius 3 is 2.83 bits per heavy atom. The second-order valence-electron chi connectivity index (χ2n) is 6.34. The lowest BCUT2D eigenvalue weighted by Gasteiger charge is -2.17. The molecule has 126 valence electrons. The molecule has 2 aromatic rings. The fraction of sp³-hybridized carbons (Fsp3) is 0.438. The van der Waals surface area contributed by atoms with Crippen LogP contribution in [-0.4, -0.2) is 29.3 Å². The van der Waals surface area contributed by atoms with Gasteiger partial charge in [-0.05, 0) is 31.0 Å². The molecule has 0 radical (unpaired) electrons. The van der Waals surface area contributed by atoms with Gasteiger partial charge in [0.15, 0.2) is 5.82 Å². The lowest BCUT2D eigenvalue weighted by Crippen LogP contribution is -2.34. The van der Waals surface area contributed by atoms with Crippen molar-refractivity contribution in [2.45, 2.75) is 31.2 Å². The quantitative estimate of drug-likeness (QED) is 0.889. The average Bonchev–Trinajstić information content (AvgIpc) is 3.29. The van der Waals surface area contributed by atoms with Gasteiger partial charge in [-0.2, -0.15) is 4.98 Å². The normalized spacial score (nSPS) is 19.8. The highest BCUT2D eigenvalue weighted by atomic mass is 35.5. The molecule has 3 N–H and O–H groups in total. The number of amides is 2. The predicted molar refractivity (Wildman–Crippen MR) is 89.8 cm³/mol. The van der Waals surface area contributed by atoms with E-state index in [1.54, 1.807) is 23.1 Å². The molecule has 0 unspecified atom stereocenters. The number of halogens is 1. The summed E-state index contributed by atoms with van der Waals surface area (Å²) in [5.41, 5.74) is 7.23. The second kappa shape index (κ2) is 5.75. The summed E-state index contributed by atoms with van der Waals surface area (Å²) in [5.74, 6) is 0.935. The third-order valence-corrected chi connectivity index (χ3v) is 5.03. The van der Waals surface area contributed by atoms with Crippen molar-refractivity contribution in [1.29, 1.82) is 0 Å². The van der Waals surface area contributed by atoms with Gasteiger partial charge in [0.1, 0.15) is 0 Å². The van der Waals surface area contributed by atoms with E-state index < -0.39 is 5.54 Å². The van der Waals surface area contributed by atoms with Crippen LogP contribution >= 0.6 is 11.6 Å². The Balaban J connectivity index is 1.67. The van der Waals surface area contributed by atoms with Gasteiger partial charge in [0.2, 0.25) is 0 Å². The molecule has 1 saturated carbocycles. The molecule has 0 atom stereocenters. The minimum Gasteiger partial charge on any atom is -0.336 e. The van der Waals surface area contributed by atoms with Crippen LogP contribution in [0.5, 0.6) is 0 Å². The van der Waals surface area contributed by atoms with Crippen LogP contribution in [0.4, 0.5) is 10.5 Å². The zero-order chi connectivity index (χ0) is 16.7. The molecule has 8 heteroatoms. The molecule has 0 bridgehead atoms. The van der Waals surface area contributed by atoms with Gasteiger partial charge in [-0.25, -0.2) is 4.79 Å². The van der Waals surface area contributed by atoms with Crippen LogP contribution < -0.4 is 16.0 Å². The van der Waals surface area contributed by atoms with Gasteiger partial charge < -0.3 is 15.6 Å². The summed E-state index contributed by atoms with van der Waals surface area (Å²) in [7, 11) is 0. The molecule has 2 aliphatic rings. The monoisotopic (exact) mass is 347 g/mol. The van der Waals surface area contributed by atoms with E-state index in [0.29, 0.717) is 35.5 Å². The third kappa shape index (κ3) is 2.53. The van der Waals surface area contributed by atoms with Gasteiger partial charge in [-0.3, -0.25) is 4.90 Å². The third-order valence-electron chi connectivity index (χ3n) is 4.71. The SMILES string of the molecule is NC1(c2noc(-c3ccc(Cl)c(N4CCNC4=O)c3)n2)CCCC1. The van der Waals surface area contributed by atoms with E-state index in [2.05, 4.69) is 15.5 Å². The summed E-state index contributed by atoms with van der Waals surface area (Å²) in [6.45, 7) is 1.17. The van der Waals surface area contributed by atoms with E-state index >= 15 is 0 Å². The summed E-state index contributed by atoms with van der Waals surface area (Å²) in [5, 5.41) is 7.34. The Labute approximate surface area is 144 Å². The van der Waals surface area contributed by atoms with Gasteiger partial charge in [-0.1, -0.05) is 29.6 Å². The summed E-state index contributed by atoms with van der Waals surface area (Å²) in [6.07, 6.45) is 3.89. The molecule has 1 saturated heterocycles. The Bertz CT molecular complexity index is 785. The number of urea groups is 1. The fourth-order valence-electron chi connectivity index (χ4n) is 3.33. The number of hydrogen-bond donors (Lipinski definition) is 2. The maximum absolute atomic E-state index is 11.9. The molecule has 1 aromatic carbocycles. The van der Waals surface area contributed by atoms with Crippen molar-refractivity contribution in [3.05, 3.63) is 29.0 Å². The van der Waals surface area contributed by atoms with Crippen molar-refractivity contribution in [1.82, 2.24) is 15.5 Å². The van der Waals surface area contributed by atoms with Gasteiger partial charge >= 0.3 is 6.03 Å². The molecule has 7 nitrogen and oxygen atoms in total. The molecular weight excluding hydrogens is 330 g/mol. The summed E-state index contributed by atoms with van der Waals surface area (Å²) in [4.78, 5) is 18.0. The number of nitrogens with zero attached hydrogens (tertiary/aromatic N) is 3. The zero-order valence-corrected chi connectivity index (χ0v) is 13.8. The van der Waals surface area contributed by atoms with Crippen molar-refractivity contribution in [2.24, 2.45) is 5.73 Å². The van der Waals surface area contributed by atoms with E-state index in [1.165, 1.54) is 0 Å². The predicted octanol–water partition coefficient (Wildman–Crippen LogP) is 2.65. The van der Waals surface area contributed by atoms with Gasteiger partial charge in [0, 0.05) is 18.7 Å². The van der Waals surface area contributed by atoms with E-state index in [-0.39, 0.29) is 6.03 Å². The molecule has 1 aliphatic carbocycles. The van der Waals surface area contributed by atoms with Crippen molar-refractivity contribution in [2.75, 3.05) is 18.0 Å². The number of anilines is 1. The van der Waals surface area contributed by atoms with E-state index in [9.17, 15) is 4.79 Å². The van der Waals surface area contributed by atoms with E-state index in [4.69, 9.17) is 21.9 Å². The minimum atomic E-state index is -0.494. The standard InChI is InChI=1S/C16H18ClN5O2/c17-11-4-3-10(9-12(11)22-8-7-19-15(22)23)13-20-14(21-24-13)16(18)5-1-2-6-16/h3-4,9H,1-2,5-8,18H2,(H,19,23). The lowest BCUT2D eigenvalue weighted by atomic mass is 9.99. The molecule has 1 aliphatic heterocycles. The van der Waals surface area contributed by atoms with Gasteiger partial charge in [0.25, 0.3) is 5.89 Å². The van der Waals surface area contributed by atoms with Crippen LogP contribution in [0.1, 0.15) is 31.5 Å². The highest BCUT2D eigenvalue weighted by Gasteiger charge is 2.36.